The molecule has 0 spiro atoms. The van der Waals surface area contributed by atoms with E-state index in [9.17, 15) is 5.11 Å². The fourth-order valence-electron chi connectivity index (χ4n) is 3.59. The Labute approximate surface area is 158 Å². The molecular formula is C22H22N2O3. The molecule has 1 N–H and O–H groups in total. The Hall–Kier alpha value is -3.21. The number of benzene rings is 2. The van der Waals surface area contributed by atoms with Crippen LogP contribution in [0.5, 0.6) is 17.2 Å². The van der Waals surface area contributed by atoms with Gasteiger partial charge in [0.2, 0.25) is 5.75 Å². The molecule has 1 aliphatic carbocycles. The van der Waals surface area contributed by atoms with Gasteiger partial charge in [0.05, 0.1) is 31.9 Å². The number of phenols is 1. The summed E-state index contributed by atoms with van der Waals surface area (Å²) in [6.45, 7) is 0. The highest BCUT2D eigenvalue weighted by Gasteiger charge is 2.23. The van der Waals surface area contributed by atoms with Crippen LogP contribution in [0.4, 0.5) is 0 Å². The highest BCUT2D eigenvalue weighted by Crippen LogP contribution is 2.43. The van der Waals surface area contributed by atoms with Gasteiger partial charge in [-0.2, -0.15) is 0 Å². The van der Waals surface area contributed by atoms with Crippen LogP contribution in [0.25, 0.3) is 22.5 Å². The smallest absolute Gasteiger partial charge is 0.200 e. The maximum Gasteiger partial charge on any atom is 0.200 e. The number of allylic oxidation sites excluding steroid dienone is 2. The molecule has 27 heavy (non-hydrogen) atoms. The average molecular weight is 362 g/mol. The topological polar surface area (TPSA) is 56.5 Å². The lowest BCUT2D eigenvalue weighted by Crippen LogP contribution is -2.06. The Balaban J connectivity index is 1.94. The quantitative estimate of drug-likeness (QED) is 0.661. The molecule has 0 radical (unpaired) electrons. The normalized spacial score (nSPS) is 13.9. The van der Waals surface area contributed by atoms with Crippen LogP contribution in [0.1, 0.15) is 18.9 Å². The van der Waals surface area contributed by atoms with E-state index < -0.39 is 0 Å². The van der Waals surface area contributed by atoms with Crippen molar-refractivity contribution in [1.29, 1.82) is 0 Å². The maximum atomic E-state index is 10.3. The highest BCUT2D eigenvalue weighted by atomic mass is 16.5. The molecule has 0 aliphatic heterocycles. The number of hydrogen-bond donors (Lipinski definition) is 1. The van der Waals surface area contributed by atoms with Gasteiger partial charge in [-0.3, -0.25) is 0 Å². The number of ether oxygens (including phenoxy) is 2. The second-order valence-electron chi connectivity index (χ2n) is 6.54. The fourth-order valence-corrected chi connectivity index (χ4v) is 3.59. The molecule has 4 rings (SSSR count). The minimum absolute atomic E-state index is 0.00129. The van der Waals surface area contributed by atoms with Crippen LogP contribution in [0.2, 0.25) is 0 Å². The lowest BCUT2D eigenvalue weighted by molar-refractivity contribution is 0.340. The minimum atomic E-state index is -0.00129. The largest absolute Gasteiger partial charge is 0.502 e. The summed E-state index contributed by atoms with van der Waals surface area (Å²) in [5.74, 6) is 0.750. The number of methoxy groups -OCH3 is 2. The van der Waals surface area contributed by atoms with Crippen molar-refractivity contribution in [3.8, 4) is 39.8 Å². The monoisotopic (exact) mass is 362 g/mol. The van der Waals surface area contributed by atoms with Crippen molar-refractivity contribution in [2.24, 2.45) is 0 Å². The third-order valence-corrected chi connectivity index (χ3v) is 4.97. The van der Waals surface area contributed by atoms with Crippen molar-refractivity contribution in [3.63, 3.8) is 0 Å². The van der Waals surface area contributed by atoms with Crippen LogP contribution in [-0.4, -0.2) is 28.9 Å². The first kappa shape index (κ1) is 17.2. The van der Waals surface area contributed by atoms with Crippen molar-refractivity contribution >= 4 is 0 Å². The van der Waals surface area contributed by atoms with E-state index in [1.54, 1.807) is 0 Å². The van der Waals surface area contributed by atoms with E-state index >= 15 is 0 Å². The molecule has 0 unspecified atom stereocenters. The predicted octanol–water partition coefficient (Wildman–Crippen LogP) is 4.83. The zero-order valence-corrected chi connectivity index (χ0v) is 15.4. The van der Waals surface area contributed by atoms with Gasteiger partial charge in [0.15, 0.2) is 11.5 Å². The van der Waals surface area contributed by atoms with Crippen molar-refractivity contribution in [3.05, 3.63) is 60.9 Å². The zero-order valence-electron chi connectivity index (χ0n) is 15.4. The lowest BCUT2D eigenvalue weighted by Gasteiger charge is -2.18. The van der Waals surface area contributed by atoms with Gasteiger partial charge in [-0.1, -0.05) is 42.5 Å². The molecule has 0 fully saturated rings. The molecule has 0 atom stereocenters. The highest BCUT2D eigenvalue weighted by molar-refractivity contribution is 5.81. The van der Waals surface area contributed by atoms with Gasteiger partial charge in [-0.05, 0) is 25.0 Å². The Morgan fingerprint density at radius 3 is 2.19 bits per heavy atom. The van der Waals surface area contributed by atoms with Gasteiger partial charge in [0, 0.05) is 17.2 Å². The molecule has 0 saturated heterocycles. The van der Waals surface area contributed by atoms with Gasteiger partial charge >= 0.3 is 0 Å². The summed E-state index contributed by atoms with van der Waals surface area (Å²) in [5, 5.41) is 10.3. The first-order chi connectivity index (χ1) is 13.2. The van der Waals surface area contributed by atoms with E-state index in [0.717, 1.165) is 35.4 Å². The Bertz CT molecular complexity index is 943. The Morgan fingerprint density at radius 2 is 1.59 bits per heavy atom. The number of hydrogen-bond acceptors (Lipinski definition) is 4. The Kier molecular flexibility index (Phi) is 4.59. The molecule has 1 aliphatic rings. The molecule has 3 aromatic rings. The lowest BCUT2D eigenvalue weighted by atomic mass is 10.0. The molecule has 1 heterocycles. The number of imidazole rings is 1. The van der Waals surface area contributed by atoms with Crippen LogP contribution in [-0.2, 0) is 0 Å². The number of nitrogens with zero attached hydrogens (tertiary/aromatic N) is 2. The number of aromatic hydroxyl groups is 1. The van der Waals surface area contributed by atoms with Crippen LogP contribution in [0.3, 0.4) is 0 Å². The fraction of sp³-hybridized carbons (Fsp3) is 0.227. The third kappa shape index (κ3) is 3.05. The number of phenolic OH excluding ortho intramolecular Hbond substituents is 1. The van der Waals surface area contributed by atoms with E-state index in [0.29, 0.717) is 17.5 Å². The third-order valence-electron chi connectivity index (χ3n) is 4.97. The van der Waals surface area contributed by atoms with Gasteiger partial charge in [0.1, 0.15) is 0 Å². The summed E-state index contributed by atoms with van der Waals surface area (Å²) >= 11 is 0. The summed E-state index contributed by atoms with van der Waals surface area (Å²) in [7, 11) is 3.07. The van der Waals surface area contributed by atoms with Crippen LogP contribution < -0.4 is 9.47 Å². The SMILES string of the molecule is COc1cc(-c2c(-c3ccccc3)ncn2C2CC=CC2)cc(OC)c1O. The summed E-state index contributed by atoms with van der Waals surface area (Å²) in [6, 6.07) is 14.1. The van der Waals surface area contributed by atoms with E-state index in [4.69, 9.17) is 14.5 Å². The average Bonchev–Trinajstić information content (AvgIpc) is 3.38. The zero-order chi connectivity index (χ0) is 18.8. The molecule has 5 heteroatoms. The maximum absolute atomic E-state index is 10.3. The van der Waals surface area contributed by atoms with Crippen molar-refractivity contribution in [2.45, 2.75) is 18.9 Å². The molecule has 0 amide bonds. The van der Waals surface area contributed by atoms with Gasteiger partial charge in [-0.25, -0.2) is 4.98 Å². The molecule has 5 nitrogen and oxygen atoms in total. The molecule has 0 bridgehead atoms. The number of aromatic nitrogens is 2. The van der Waals surface area contributed by atoms with Crippen LogP contribution in [0.15, 0.2) is 60.9 Å². The van der Waals surface area contributed by atoms with Gasteiger partial charge in [-0.15, -0.1) is 0 Å². The van der Waals surface area contributed by atoms with E-state index in [1.807, 2.05) is 36.7 Å². The standard InChI is InChI=1S/C22H22N2O3/c1-26-18-12-16(13-19(27-2)22(18)25)21-20(15-8-4-3-5-9-15)23-14-24(21)17-10-6-7-11-17/h3-9,12-14,17,25H,10-11H2,1-2H3. The van der Waals surface area contributed by atoms with Gasteiger partial charge < -0.3 is 19.1 Å². The first-order valence-electron chi connectivity index (χ1n) is 8.95. The molecule has 138 valence electrons. The minimum Gasteiger partial charge on any atom is -0.502 e. The molecule has 1 aromatic heterocycles. The van der Waals surface area contributed by atoms with E-state index in [1.165, 1.54) is 14.2 Å². The number of rotatable bonds is 5. The summed E-state index contributed by atoms with van der Waals surface area (Å²) < 4.78 is 12.9. The van der Waals surface area contributed by atoms with Crippen LogP contribution >= 0.6 is 0 Å². The van der Waals surface area contributed by atoms with E-state index in [2.05, 4.69) is 28.9 Å². The summed E-state index contributed by atoms with van der Waals surface area (Å²) in [6.07, 6.45) is 8.26. The van der Waals surface area contributed by atoms with E-state index in [-0.39, 0.29) is 5.75 Å². The molecule has 2 aromatic carbocycles. The summed E-state index contributed by atoms with van der Waals surface area (Å²) in [5.41, 5.74) is 3.83. The molecule has 0 saturated carbocycles. The second kappa shape index (κ2) is 7.19. The van der Waals surface area contributed by atoms with Crippen molar-refractivity contribution in [2.75, 3.05) is 14.2 Å². The summed E-state index contributed by atoms with van der Waals surface area (Å²) in [4.78, 5) is 4.73. The Morgan fingerprint density at radius 1 is 0.963 bits per heavy atom. The van der Waals surface area contributed by atoms with Crippen molar-refractivity contribution < 1.29 is 14.6 Å². The second-order valence-corrected chi connectivity index (χ2v) is 6.54. The molecular weight excluding hydrogens is 340 g/mol. The predicted molar refractivity (Wildman–Crippen MR) is 105 cm³/mol. The van der Waals surface area contributed by atoms with Crippen LogP contribution in [0, 0.1) is 0 Å². The van der Waals surface area contributed by atoms with Gasteiger partial charge in [0.25, 0.3) is 0 Å². The van der Waals surface area contributed by atoms with Crippen molar-refractivity contribution in [1.82, 2.24) is 9.55 Å². The first-order valence-corrected chi connectivity index (χ1v) is 8.95.